The SMILES string of the molecule is C=CCn1cc(CN2CCC[C@H](CS(C)(=O)=O)C2)c(C)n1. The molecule has 1 aliphatic heterocycles. The lowest BCUT2D eigenvalue weighted by Crippen LogP contribution is -2.37. The van der Waals surface area contributed by atoms with E-state index in [0.29, 0.717) is 5.75 Å². The van der Waals surface area contributed by atoms with Crippen molar-refractivity contribution in [2.75, 3.05) is 25.1 Å². The van der Waals surface area contributed by atoms with E-state index in [0.717, 1.165) is 44.7 Å². The van der Waals surface area contributed by atoms with Crippen LogP contribution in [0.5, 0.6) is 0 Å². The molecule has 1 atom stereocenters. The van der Waals surface area contributed by atoms with E-state index in [4.69, 9.17) is 0 Å². The van der Waals surface area contributed by atoms with Gasteiger partial charge in [0.25, 0.3) is 0 Å². The van der Waals surface area contributed by atoms with Crippen LogP contribution < -0.4 is 0 Å². The zero-order valence-electron chi connectivity index (χ0n) is 13.0. The summed E-state index contributed by atoms with van der Waals surface area (Å²) in [5, 5.41) is 4.47. The first-order valence-electron chi connectivity index (χ1n) is 7.41. The lowest BCUT2D eigenvalue weighted by molar-refractivity contribution is 0.177. The predicted octanol–water partition coefficient (Wildman–Crippen LogP) is 1.63. The van der Waals surface area contributed by atoms with Gasteiger partial charge in [0.15, 0.2) is 0 Å². The van der Waals surface area contributed by atoms with Crippen LogP contribution in [0.1, 0.15) is 24.1 Å². The molecule has 1 aromatic rings. The van der Waals surface area contributed by atoms with Crippen LogP contribution in [0.3, 0.4) is 0 Å². The van der Waals surface area contributed by atoms with Crippen LogP contribution in [0.4, 0.5) is 0 Å². The summed E-state index contributed by atoms with van der Waals surface area (Å²) in [7, 11) is -2.89. The Balaban J connectivity index is 1.97. The topological polar surface area (TPSA) is 55.2 Å². The van der Waals surface area contributed by atoms with Gasteiger partial charge in [-0.25, -0.2) is 8.42 Å². The molecule has 1 saturated heterocycles. The molecule has 0 spiro atoms. The van der Waals surface area contributed by atoms with E-state index in [-0.39, 0.29) is 5.92 Å². The highest BCUT2D eigenvalue weighted by molar-refractivity contribution is 7.90. The van der Waals surface area contributed by atoms with E-state index in [9.17, 15) is 8.42 Å². The molecule has 0 unspecified atom stereocenters. The number of aromatic nitrogens is 2. The number of nitrogens with zero attached hydrogens (tertiary/aromatic N) is 3. The van der Waals surface area contributed by atoms with Crippen LogP contribution in [0.15, 0.2) is 18.9 Å². The van der Waals surface area contributed by atoms with E-state index in [2.05, 4.69) is 22.8 Å². The van der Waals surface area contributed by atoms with Gasteiger partial charge in [0, 0.05) is 31.1 Å². The first kappa shape index (κ1) is 16.2. The molecule has 1 fully saturated rings. The lowest BCUT2D eigenvalue weighted by atomic mass is 9.99. The summed E-state index contributed by atoms with van der Waals surface area (Å²) in [6.45, 7) is 9.21. The van der Waals surface area contributed by atoms with E-state index < -0.39 is 9.84 Å². The Labute approximate surface area is 127 Å². The van der Waals surface area contributed by atoms with Crippen LogP contribution in [-0.2, 0) is 22.9 Å². The van der Waals surface area contributed by atoms with Gasteiger partial charge in [-0.3, -0.25) is 9.58 Å². The highest BCUT2D eigenvalue weighted by Gasteiger charge is 2.23. The Morgan fingerprint density at radius 1 is 1.52 bits per heavy atom. The molecule has 0 bridgehead atoms. The molecule has 2 heterocycles. The highest BCUT2D eigenvalue weighted by atomic mass is 32.2. The molecular weight excluding hydrogens is 286 g/mol. The molecule has 0 aliphatic carbocycles. The van der Waals surface area contributed by atoms with E-state index in [1.807, 2.05) is 17.7 Å². The average molecular weight is 311 g/mol. The second-order valence-corrected chi connectivity index (χ2v) is 8.27. The molecule has 0 radical (unpaired) electrons. The van der Waals surface area contributed by atoms with Crippen molar-refractivity contribution in [2.45, 2.75) is 32.9 Å². The molecule has 1 aliphatic rings. The minimum atomic E-state index is -2.89. The van der Waals surface area contributed by atoms with Crippen molar-refractivity contribution in [1.29, 1.82) is 0 Å². The van der Waals surface area contributed by atoms with Gasteiger partial charge in [-0.1, -0.05) is 6.08 Å². The van der Waals surface area contributed by atoms with Gasteiger partial charge in [-0.15, -0.1) is 6.58 Å². The number of hydrogen-bond donors (Lipinski definition) is 0. The number of likely N-dealkylation sites (tertiary alicyclic amines) is 1. The number of hydrogen-bond acceptors (Lipinski definition) is 4. The normalized spacial score (nSPS) is 20.6. The molecule has 1 aromatic heterocycles. The maximum absolute atomic E-state index is 11.5. The average Bonchev–Trinajstić information content (AvgIpc) is 2.68. The van der Waals surface area contributed by atoms with Gasteiger partial charge < -0.3 is 0 Å². The summed E-state index contributed by atoms with van der Waals surface area (Å²) in [5.74, 6) is 0.565. The Morgan fingerprint density at radius 2 is 2.29 bits per heavy atom. The molecule has 2 rings (SSSR count). The molecule has 0 saturated carbocycles. The summed E-state index contributed by atoms with van der Waals surface area (Å²) in [4.78, 5) is 2.35. The largest absolute Gasteiger partial charge is 0.299 e. The summed E-state index contributed by atoms with van der Waals surface area (Å²) in [6, 6.07) is 0. The molecule has 0 N–H and O–H groups in total. The predicted molar refractivity (Wildman–Crippen MR) is 84.9 cm³/mol. The quantitative estimate of drug-likeness (QED) is 0.749. The van der Waals surface area contributed by atoms with Crippen LogP contribution in [-0.4, -0.2) is 48.2 Å². The molecule has 118 valence electrons. The van der Waals surface area contributed by atoms with E-state index in [1.165, 1.54) is 11.8 Å². The van der Waals surface area contributed by atoms with Crippen molar-refractivity contribution in [3.63, 3.8) is 0 Å². The second kappa shape index (κ2) is 6.75. The molecule has 6 heteroatoms. The van der Waals surface area contributed by atoms with Crippen LogP contribution in [0.2, 0.25) is 0 Å². The minimum Gasteiger partial charge on any atom is -0.299 e. The van der Waals surface area contributed by atoms with Crippen molar-refractivity contribution < 1.29 is 8.42 Å². The zero-order valence-corrected chi connectivity index (χ0v) is 13.8. The first-order valence-corrected chi connectivity index (χ1v) is 9.47. The van der Waals surface area contributed by atoms with Crippen molar-refractivity contribution in [1.82, 2.24) is 14.7 Å². The van der Waals surface area contributed by atoms with Gasteiger partial charge in [0.05, 0.1) is 18.0 Å². The molecular formula is C15H25N3O2S. The Hall–Kier alpha value is -1.14. The zero-order chi connectivity index (χ0) is 15.5. The first-order chi connectivity index (χ1) is 9.87. The van der Waals surface area contributed by atoms with E-state index >= 15 is 0 Å². The molecule has 0 aromatic carbocycles. The van der Waals surface area contributed by atoms with Crippen LogP contribution in [0, 0.1) is 12.8 Å². The highest BCUT2D eigenvalue weighted by Crippen LogP contribution is 2.20. The lowest BCUT2D eigenvalue weighted by Gasteiger charge is -2.32. The van der Waals surface area contributed by atoms with Gasteiger partial charge in [-0.05, 0) is 32.2 Å². The molecule has 5 nitrogen and oxygen atoms in total. The van der Waals surface area contributed by atoms with E-state index in [1.54, 1.807) is 0 Å². The van der Waals surface area contributed by atoms with Crippen molar-refractivity contribution in [3.05, 3.63) is 30.1 Å². The number of sulfone groups is 1. The third kappa shape index (κ3) is 4.97. The number of aryl methyl sites for hydroxylation is 1. The van der Waals surface area contributed by atoms with Crippen molar-refractivity contribution in [2.24, 2.45) is 5.92 Å². The summed E-state index contributed by atoms with van der Waals surface area (Å²) >= 11 is 0. The summed E-state index contributed by atoms with van der Waals surface area (Å²) < 4.78 is 24.8. The fraction of sp³-hybridized carbons (Fsp3) is 0.667. The number of allylic oxidation sites excluding steroid dienone is 1. The van der Waals surface area contributed by atoms with Gasteiger partial charge in [0.2, 0.25) is 0 Å². The maximum atomic E-state index is 11.5. The Bertz CT molecular complexity index is 592. The smallest absolute Gasteiger partial charge is 0.147 e. The Kier molecular flexibility index (Phi) is 5.22. The van der Waals surface area contributed by atoms with Crippen LogP contribution in [0.25, 0.3) is 0 Å². The Morgan fingerprint density at radius 3 is 2.95 bits per heavy atom. The summed E-state index contributed by atoms with van der Waals surface area (Å²) in [6.07, 6.45) is 7.31. The van der Waals surface area contributed by atoms with Crippen molar-refractivity contribution in [3.8, 4) is 0 Å². The fourth-order valence-electron chi connectivity index (χ4n) is 3.04. The third-order valence-corrected chi connectivity index (χ3v) is 4.98. The molecule has 0 amide bonds. The minimum absolute atomic E-state index is 0.261. The number of rotatable bonds is 6. The van der Waals surface area contributed by atoms with Crippen molar-refractivity contribution >= 4 is 9.84 Å². The fourth-order valence-corrected chi connectivity index (χ4v) is 4.17. The maximum Gasteiger partial charge on any atom is 0.147 e. The van der Waals surface area contributed by atoms with Crippen LogP contribution >= 0.6 is 0 Å². The molecule has 21 heavy (non-hydrogen) atoms. The number of piperidine rings is 1. The van der Waals surface area contributed by atoms with Gasteiger partial charge in [-0.2, -0.15) is 5.10 Å². The van der Waals surface area contributed by atoms with Gasteiger partial charge in [0.1, 0.15) is 9.84 Å². The second-order valence-electron chi connectivity index (χ2n) is 6.09. The van der Waals surface area contributed by atoms with Gasteiger partial charge >= 0.3 is 0 Å². The summed E-state index contributed by atoms with van der Waals surface area (Å²) in [5.41, 5.74) is 2.26. The standard InChI is InChI=1S/C15H25N3O2S/c1-4-7-18-11-15(13(2)16-18)10-17-8-5-6-14(9-17)12-21(3,19)20/h4,11,14H,1,5-10,12H2,2-3H3/t14-/m0/s1. The monoisotopic (exact) mass is 311 g/mol. The third-order valence-electron chi connectivity index (χ3n) is 3.90.